The third-order valence-corrected chi connectivity index (χ3v) is 7.63. The van der Waals surface area contributed by atoms with E-state index in [2.05, 4.69) is 0 Å². The van der Waals surface area contributed by atoms with E-state index in [1.165, 1.54) is 0 Å². The summed E-state index contributed by atoms with van der Waals surface area (Å²) < 4.78 is 94.3. The summed E-state index contributed by atoms with van der Waals surface area (Å²) in [4.78, 5) is 0. The quantitative estimate of drug-likeness (QED) is 0.343. The van der Waals surface area contributed by atoms with Crippen LogP contribution in [0.4, 0.5) is 26.3 Å². The van der Waals surface area contributed by atoms with Crippen LogP contribution in [0.2, 0.25) is 0 Å². The van der Waals surface area contributed by atoms with E-state index in [1.54, 1.807) is 0 Å². The highest BCUT2D eigenvalue weighted by Gasteiger charge is 2.77. The summed E-state index contributed by atoms with van der Waals surface area (Å²) in [5, 5.41) is 0. The zero-order valence-electron chi connectivity index (χ0n) is 17.3. The van der Waals surface area contributed by atoms with Gasteiger partial charge >= 0.3 is 12.4 Å². The van der Waals surface area contributed by atoms with Gasteiger partial charge in [0.2, 0.25) is 0 Å². The normalized spacial score (nSPS) is 36.2. The molecule has 29 heavy (non-hydrogen) atoms. The van der Waals surface area contributed by atoms with Crippen LogP contribution in [-0.4, -0.2) is 30.9 Å². The Balaban J connectivity index is 1.78. The number of hydrogen-bond donors (Lipinski definition) is 0. The zero-order valence-corrected chi connectivity index (χ0v) is 17.3. The van der Waals surface area contributed by atoms with Crippen molar-refractivity contribution in [1.29, 1.82) is 0 Å². The Kier molecular flexibility index (Phi) is 6.56. The van der Waals surface area contributed by atoms with Crippen LogP contribution in [0.15, 0.2) is 0 Å². The van der Waals surface area contributed by atoms with Crippen molar-refractivity contribution >= 4 is 0 Å². The molecule has 6 unspecified atom stereocenters. The van der Waals surface area contributed by atoms with Gasteiger partial charge < -0.3 is 9.47 Å². The highest BCUT2D eigenvalue weighted by molar-refractivity contribution is 5.08. The van der Waals surface area contributed by atoms with Crippen LogP contribution in [0.5, 0.6) is 0 Å². The minimum atomic E-state index is -5.54. The van der Waals surface area contributed by atoms with Gasteiger partial charge in [0.1, 0.15) is 6.79 Å². The first-order valence-electron chi connectivity index (χ1n) is 10.8. The minimum Gasteiger partial charge on any atom is -0.352 e. The van der Waals surface area contributed by atoms with Gasteiger partial charge in [-0.25, -0.2) is 0 Å². The molecule has 6 atom stereocenters. The van der Waals surface area contributed by atoms with Gasteiger partial charge in [-0.3, -0.25) is 0 Å². The molecule has 0 heterocycles. The summed E-state index contributed by atoms with van der Waals surface area (Å²) in [6.07, 6.45) is -7.52. The van der Waals surface area contributed by atoms with Gasteiger partial charge in [0.15, 0.2) is 0 Å². The molecule has 3 aliphatic carbocycles. The Hall–Kier alpha value is -0.500. The van der Waals surface area contributed by atoms with E-state index in [0.717, 1.165) is 12.8 Å². The predicted octanol–water partition coefficient (Wildman–Crippen LogP) is 6.74. The Morgan fingerprint density at radius 1 is 0.862 bits per heavy atom. The van der Waals surface area contributed by atoms with Gasteiger partial charge in [0.25, 0.3) is 5.60 Å². The van der Waals surface area contributed by atoms with Crippen LogP contribution in [0.1, 0.15) is 65.7 Å². The van der Waals surface area contributed by atoms with Crippen molar-refractivity contribution < 1.29 is 35.8 Å². The van der Waals surface area contributed by atoms with E-state index in [4.69, 9.17) is 9.47 Å². The fraction of sp³-hybridized carbons (Fsp3) is 1.00. The monoisotopic (exact) mass is 430 g/mol. The molecule has 2 bridgehead atoms. The predicted molar refractivity (Wildman–Crippen MR) is 95.9 cm³/mol. The molecule has 3 fully saturated rings. The van der Waals surface area contributed by atoms with E-state index in [-0.39, 0.29) is 30.3 Å². The molecule has 0 aromatic carbocycles. The van der Waals surface area contributed by atoms with E-state index in [9.17, 15) is 26.3 Å². The maximum atomic E-state index is 14.0. The summed E-state index contributed by atoms with van der Waals surface area (Å²) in [5.74, 6) is -1.56. The van der Waals surface area contributed by atoms with Crippen LogP contribution in [0, 0.1) is 35.5 Å². The molecule has 3 aliphatic rings. The molecule has 0 spiro atoms. The molecule has 3 saturated carbocycles. The molecule has 0 aromatic rings. The maximum absolute atomic E-state index is 14.0. The van der Waals surface area contributed by atoms with Crippen molar-refractivity contribution in [2.75, 3.05) is 6.79 Å². The van der Waals surface area contributed by atoms with E-state index < -0.39 is 36.6 Å². The summed E-state index contributed by atoms with van der Waals surface area (Å²) >= 11 is 0. The smallest absolute Gasteiger partial charge is 0.352 e. The average Bonchev–Trinajstić information content (AvgIpc) is 3.19. The first kappa shape index (κ1) is 23.2. The third kappa shape index (κ3) is 4.30. The van der Waals surface area contributed by atoms with Gasteiger partial charge in [0.05, 0.1) is 6.10 Å². The first-order valence-corrected chi connectivity index (χ1v) is 10.8. The fourth-order valence-corrected chi connectivity index (χ4v) is 6.12. The molecule has 2 nitrogen and oxygen atoms in total. The Morgan fingerprint density at radius 2 is 1.52 bits per heavy atom. The number of ether oxygens (including phenoxy) is 2. The topological polar surface area (TPSA) is 18.5 Å². The SMILES string of the molecule is CC1CCC(C(C)C)C(OCOC(C2CC3CCC2C3)(C(F)(F)F)C(F)(F)F)C1. The van der Waals surface area contributed by atoms with Crippen molar-refractivity contribution in [2.24, 2.45) is 35.5 Å². The molecule has 0 N–H and O–H groups in total. The van der Waals surface area contributed by atoms with Crippen molar-refractivity contribution in [3.8, 4) is 0 Å². The third-order valence-electron chi connectivity index (χ3n) is 7.63. The molecule has 0 amide bonds. The lowest BCUT2D eigenvalue weighted by atomic mass is 9.75. The van der Waals surface area contributed by atoms with Crippen LogP contribution < -0.4 is 0 Å². The lowest BCUT2D eigenvalue weighted by Crippen LogP contribution is -2.64. The molecule has 0 saturated heterocycles. The summed E-state index contributed by atoms with van der Waals surface area (Å²) in [6.45, 7) is 5.05. The first-order chi connectivity index (χ1) is 13.4. The van der Waals surface area contributed by atoms with Gasteiger partial charge in [0, 0.05) is 5.92 Å². The second-order valence-electron chi connectivity index (χ2n) is 9.81. The van der Waals surface area contributed by atoms with Crippen LogP contribution in [0.25, 0.3) is 0 Å². The molecule has 0 radical (unpaired) electrons. The fourth-order valence-electron chi connectivity index (χ4n) is 6.12. The van der Waals surface area contributed by atoms with Gasteiger partial charge in [-0.2, -0.15) is 26.3 Å². The number of hydrogen-bond acceptors (Lipinski definition) is 2. The molecule has 0 aliphatic heterocycles. The summed E-state index contributed by atoms with van der Waals surface area (Å²) in [7, 11) is 0. The molecular weight excluding hydrogens is 398 g/mol. The Bertz CT molecular complexity index is 544. The van der Waals surface area contributed by atoms with Crippen LogP contribution in [-0.2, 0) is 9.47 Å². The maximum Gasteiger partial charge on any atom is 0.426 e. The van der Waals surface area contributed by atoms with E-state index in [1.807, 2.05) is 20.8 Å². The molecule has 3 rings (SSSR count). The molecule has 170 valence electrons. The number of halogens is 6. The van der Waals surface area contributed by atoms with Crippen LogP contribution >= 0.6 is 0 Å². The van der Waals surface area contributed by atoms with Gasteiger partial charge in [-0.1, -0.05) is 33.6 Å². The van der Waals surface area contributed by atoms with Gasteiger partial charge in [-0.05, 0) is 61.7 Å². The van der Waals surface area contributed by atoms with Crippen LogP contribution in [0.3, 0.4) is 0 Å². The van der Waals surface area contributed by atoms with Gasteiger partial charge in [-0.15, -0.1) is 0 Å². The zero-order chi connectivity index (χ0) is 21.6. The number of fused-ring (bicyclic) bond motifs is 2. The standard InChI is InChI=1S/C21H32F6O2/c1-12(2)16-7-4-13(3)8-18(16)28-11-29-19(20(22,23)24,21(25,26)27)17-10-14-5-6-15(17)9-14/h12-18H,4-11H2,1-3H3. The number of rotatable bonds is 6. The Labute approximate surface area is 168 Å². The summed E-state index contributed by atoms with van der Waals surface area (Å²) in [5.41, 5.74) is -4.15. The summed E-state index contributed by atoms with van der Waals surface area (Å²) in [6, 6.07) is 0. The van der Waals surface area contributed by atoms with Crippen molar-refractivity contribution in [1.82, 2.24) is 0 Å². The minimum absolute atomic E-state index is 0.0666. The second-order valence-corrected chi connectivity index (χ2v) is 9.81. The largest absolute Gasteiger partial charge is 0.426 e. The number of alkyl halides is 6. The van der Waals surface area contributed by atoms with Crippen molar-refractivity contribution in [3.63, 3.8) is 0 Å². The van der Waals surface area contributed by atoms with E-state index >= 15 is 0 Å². The lowest BCUT2D eigenvalue weighted by Gasteiger charge is -2.45. The molecular formula is C21H32F6O2. The van der Waals surface area contributed by atoms with Crippen molar-refractivity contribution in [2.45, 2.75) is 89.8 Å². The highest BCUT2D eigenvalue weighted by Crippen LogP contribution is 2.61. The average molecular weight is 430 g/mol. The van der Waals surface area contributed by atoms with Crippen molar-refractivity contribution in [3.05, 3.63) is 0 Å². The molecule has 0 aromatic heterocycles. The Morgan fingerprint density at radius 3 is 2.00 bits per heavy atom. The second kappa shape index (κ2) is 8.21. The molecule has 8 heteroatoms. The van der Waals surface area contributed by atoms with E-state index in [0.29, 0.717) is 31.6 Å². The highest BCUT2D eigenvalue weighted by atomic mass is 19.4. The lowest BCUT2D eigenvalue weighted by molar-refractivity contribution is -0.415.